The highest BCUT2D eigenvalue weighted by molar-refractivity contribution is 7.87. The van der Waals surface area contributed by atoms with E-state index in [1.165, 1.54) is 6.07 Å². The van der Waals surface area contributed by atoms with Gasteiger partial charge in [-0.25, -0.2) is 4.18 Å². The fourth-order valence-corrected chi connectivity index (χ4v) is 1.55. The molecule has 0 aliphatic rings. The fraction of sp³-hybridized carbons (Fsp3) is 0.375. The number of alkyl halides is 6. The van der Waals surface area contributed by atoms with Crippen molar-refractivity contribution in [3.63, 3.8) is 0 Å². The van der Waals surface area contributed by atoms with E-state index in [0.717, 1.165) is 12.3 Å². The zero-order valence-electron chi connectivity index (χ0n) is 8.73. The van der Waals surface area contributed by atoms with E-state index in [1.54, 1.807) is 0 Å². The first-order valence-electron chi connectivity index (χ1n) is 4.42. The Morgan fingerprint density at radius 1 is 1.11 bits per heavy atom. The molecule has 0 unspecified atom stereocenters. The Hall–Kier alpha value is -1.36. The van der Waals surface area contributed by atoms with Gasteiger partial charge in [0, 0.05) is 6.20 Å². The molecule has 0 saturated carbocycles. The van der Waals surface area contributed by atoms with Crippen LogP contribution in [-0.4, -0.2) is 25.1 Å². The maximum Gasteiger partial charge on any atom is 0.523 e. The number of rotatable bonds is 3. The summed E-state index contributed by atoms with van der Waals surface area (Å²) in [5.74, 6) is 0. The second-order valence-corrected chi connectivity index (χ2v) is 4.74. The fourth-order valence-electron chi connectivity index (χ4n) is 0.984. The van der Waals surface area contributed by atoms with Crippen molar-refractivity contribution in [3.8, 4) is 0 Å². The third kappa shape index (κ3) is 3.80. The molecular weight excluding hydrogens is 304 g/mol. The smallest absolute Gasteiger partial charge is 0.258 e. The highest BCUT2D eigenvalue weighted by atomic mass is 32.2. The van der Waals surface area contributed by atoms with E-state index in [9.17, 15) is 34.8 Å². The second-order valence-electron chi connectivity index (χ2n) is 3.17. The number of hydrogen-bond donors (Lipinski definition) is 0. The van der Waals surface area contributed by atoms with Crippen molar-refractivity contribution in [2.45, 2.75) is 17.8 Å². The number of hydrogen-bond acceptors (Lipinski definition) is 4. The predicted molar refractivity (Wildman–Crippen MR) is 49.1 cm³/mol. The van der Waals surface area contributed by atoms with Crippen molar-refractivity contribution < 1.29 is 38.9 Å². The Morgan fingerprint density at radius 2 is 1.68 bits per heavy atom. The molecule has 1 aromatic heterocycles. The van der Waals surface area contributed by atoms with Gasteiger partial charge in [-0.3, -0.25) is 4.98 Å². The molecule has 0 amide bonds. The van der Waals surface area contributed by atoms with Crippen molar-refractivity contribution in [2.24, 2.45) is 0 Å². The molecule has 0 spiro atoms. The molecule has 1 rings (SSSR count). The van der Waals surface area contributed by atoms with E-state index in [-0.39, 0.29) is 0 Å². The van der Waals surface area contributed by atoms with Gasteiger partial charge in [-0.15, -0.1) is 0 Å². The summed E-state index contributed by atoms with van der Waals surface area (Å²) in [7, 11) is -6.39. The van der Waals surface area contributed by atoms with Gasteiger partial charge in [0.05, 0.1) is 5.69 Å². The normalized spacial score (nSPS) is 15.3. The average Bonchev–Trinajstić information content (AvgIpc) is 2.24. The van der Waals surface area contributed by atoms with E-state index in [4.69, 9.17) is 0 Å². The summed E-state index contributed by atoms with van der Waals surface area (Å²) < 4.78 is 98.0. The Labute approximate surface area is 103 Å². The van der Waals surface area contributed by atoms with Crippen LogP contribution in [0, 0.1) is 0 Å². The number of aromatic nitrogens is 1. The topological polar surface area (TPSA) is 56.3 Å². The molecule has 0 N–H and O–H groups in total. The predicted octanol–water partition coefficient (Wildman–Crippen LogP) is 2.55. The molecule has 0 aliphatic heterocycles. The maximum absolute atomic E-state index is 12.5. The molecule has 108 valence electrons. The lowest BCUT2D eigenvalue weighted by Gasteiger charge is -2.20. The molecule has 11 heteroatoms. The van der Waals surface area contributed by atoms with Crippen LogP contribution in [0.1, 0.15) is 11.8 Å². The summed E-state index contributed by atoms with van der Waals surface area (Å²) >= 11 is 0. The molecule has 1 aromatic rings. The first kappa shape index (κ1) is 15.7. The molecule has 0 saturated heterocycles. The summed E-state index contributed by atoms with van der Waals surface area (Å²) in [5, 5.41) is 0. The third-order valence-corrected chi connectivity index (χ3v) is 2.77. The molecule has 0 aromatic carbocycles. The summed E-state index contributed by atoms with van der Waals surface area (Å²) in [6, 6.07) is 2.95. The number of halogens is 6. The molecule has 0 radical (unpaired) electrons. The van der Waals surface area contributed by atoms with Gasteiger partial charge in [-0.05, 0) is 12.1 Å². The van der Waals surface area contributed by atoms with Crippen LogP contribution in [0.5, 0.6) is 0 Å². The molecule has 19 heavy (non-hydrogen) atoms. The molecular formula is C8H5F6NO3S. The lowest BCUT2D eigenvalue weighted by molar-refractivity contribution is -0.201. The standard InChI is InChI=1S/C8H5F6NO3S/c9-7(10,11)6(5-3-1-2-4-15-5)18-19(16,17)8(12,13)14/h1-4,6H/t6-/m1/s1. The van der Waals surface area contributed by atoms with E-state index < -0.39 is 33.6 Å². The first-order valence-corrected chi connectivity index (χ1v) is 5.83. The molecule has 1 atom stereocenters. The maximum atomic E-state index is 12.5. The van der Waals surface area contributed by atoms with Gasteiger partial charge >= 0.3 is 21.8 Å². The number of pyridine rings is 1. The van der Waals surface area contributed by atoms with Crippen LogP contribution in [0.2, 0.25) is 0 Å². The molecule has 4 nitrogen and oxygen atoms in total. The van der Waals surface area contributed by atoms with Gasteiger partial charge in [0.1, 0.15) is 0 Å². The average molecular weight is 309 g/mol. The Bertz CT molecular complexity index is 524. The zero-order valence-corrected chi connectivity index (χ0v) is 9.55. The van der Waals surface area contributed by atoms with Gasteiger partial charge in [0.2, 0.25) is 6.10 Å². The van der Waals surface area contributed by atoms with Crippen molar-refractivity contribution in [3.05, 3.63) is 30.1 Å². The molecule has 1 heterocycles. The van der Waals surface area contributed by atoms with Gasteiger partial charge in [0.15, 0.2) is 0 Å². The van der Waals surface area contributed by atoms with Crippen molar-refractivity contribution in [1.82, 2.24) is 4.98 Å². The van der Waals surface area contributed by atoms with Crippen LogP contribution in [0.3, 0.4) is 0 Å². The van der Waals surface area contributed by atoms with Crippen LogP contribution < -0.4 is 0 Å². The summed E-state index contributed by atoms with van der Waals surface area (Å²) in [5.41, 5.74) is -6.95. The number of nitrogens with zero attached hydrogens (tertiary/aromatic N) is 1. The molecule has 0 fully saturated rings. The summed E-state index contributed by atoms with van der Waals surface area (Å²) in [4.78, 5) is 3.13. The van der Waals surface area contributed by atoms with Crippen LogP contribution in [0.15, 0.2) is 24.4 Å². The Kier molecular flexibility index (Phi) is 4.10. The SMILES string of the molecule is O=S(=O)(O[C@H](c1ccccn1)C(F)(F)F)C(F)(F)F. The highest BCUT2D eigenvalue weighted by Crippen LogP contribution is 2.39. The Balaban J connectivity index is 3.17. The van der Waals surface area contributed by atoms with Gasteiger partial charge in [0.25, 0.3) is 0 Å². The first-order chi connectivity index (χ1) is 8.45. The van der Waals surface area contributed by atoms with E-state index >= 15 is 0 Å². The van der Waals surface area contributed by atoms with Gasteiger partial charge < -0.3 is 0 Å². The van der Waals surface area contributed by atoms with Gasteiger partial charge in [-0.2, -0.15) is 34.8 Å². The van der Waals surface area contributed by atoms with E-state index in [0.29, 0.717) is 6.07 Å². The molecule has 0 aliphatic carbocycles. The van der Waals surface area contributed by atoms with Crippen LogP contribution in [-0.2, 0) is 14.3 Å². The van der Waals surface area contributed by atoms with E-state index in [1.807, 2.05) is 0 Å². The lowest BCUT2D eigenvalue weighted by Crippen LogP contribution is -2.33. The quantitative estimate of drug-likeness (QED) is 0.489. The third-order valence-electron chi connectivity index (χ3n) is 1.76. The van der Waals surface area contributed by atoms with Crippen molar-refractivity contribution in [2.75, 3.05) is 0 Å². The largest absolute Gasteiger partial charge is 0.523 e. The van der Waals surface area contributed by atoms with E-state index in [2.05, 4.69) is 9.17 Å². The summed E-state index contributed by atoms with van der Waals surface area (Å²) in [6.45, 7) is 0. The minimum Gasteiger partial charge on any atom is -0.258 e. The minimum absolute atomic E-state index is 0.698. The van der Waals surface area contributed by atoms with Crippen LogP contribution in [0.25, 0.3) is 0 Å². The monoisotopic (exact) mass is 309 g/mol. The summed E-state index contributed by atoms with van der Waals surface area (Å²) in [6.07, 6.45) is -7.83. The highest BCUT2D eigenvalue weighted by Gasteiger charge is 2.54. The lowest BCUT2D eigenvalue weighted by atomic mass is 10.2. The van der Waals surface area contributed by atoms with Crippen molar-refractivity contribution in [1.29, 1.82) is 0 Å². The van der Waals surface area contributed by atoms with Gasteiger partial charge in [-0.1, -0.05) is 6.07 Å². The van der Waals surface area contributed by atoms with Crippen LogP contribution >= 0.6 is 0 Å². The van der Waals surface area contributed by atoms with Crippen molar-refractivity contribution >= 4 is 10.1 Å². The second kappa shape index (κ2) is 4.96. The zero-order chi connectivity index (χ0) is 14.9. The Morgan fingerprint density at radius 3 is 2.05 bits per heavy atom. The minimum atomic E-state index is -6.39. The molecule has 0 bridgehead atoms. The van der Waals surface area contributed by atoms with Crippen LogP contribution in [0.4, 0.5) is 26.3 Å².